The molecule has 6 heteroatoms. The van der Waals surface area contributed by atoms with E-state index in [1.807, 2.05) is 24.8 Å². The summed E-state index contributed by atoms with van der Waals surface area (Å²) in [4.78, 5) is 18.5. The first-order valence-electron chi connectivity index (χ1n) is 10.3. The van der Waals surface area contributed by atoms with E-state index in [2.05, 4.69) is 66.0 Å². The Kier molecular flexibility index (Phi) is 7.87. The Morgan fingerprint density at radius 2 is 1.93 bits per heavy atom. The van der Waals surface area contributed by atoms with Crippen molar-refractivity contribution in [3.8, 4) is 0 Å². The third-order valence-electron chi connectivity index (χ3n) is 5.16. The molecule has 1 aromatic carbocycles. The summed E-state index contributed by atoms with van der Waals surface area (Å²) in [5, 5.41) is 10.6. The highest BCUT2D eigenvalue weighted by Crippen LogP contribution is 2.16. The maximum atomic E-state index is 12.2. The Morgan fingerprint density at radius 3 is 2.54 bits per heavy atom. The van der Waals surface area contributed by atoms with Gasteiger partial charge in [-0.1, -0.05) is 44.2 Å². The zero-order chi connectivity index (χ0) is 20.7. The van der Waals surface area contributed by atoms with Crippen LogP contribution in [0.1, 0.15) is 52.6 Å². The molecule has 0 saturated carbocycles. The van der Waals surface area contributed by atoms with Gasteiger partial charge >= 0.3 is 0 Å². The van der Waals surface area contributed by atoms with E-state index in [0.29, 0.717) is 0 Å². The number of rotatable bonds is 7. The van der Waals surface area contributed by atoms with Crippen LogP contribution in [-0.4, -0.2) is 55.0 Å². The van der Waals surface area contributed by atoms with Crippen molar-refractivity contribution in [2.75, 3.05) is 26.7 Å². The van der Waals surface area contributed by atoms with Crippen molar-refractivity contribution in [3.63, 3.8) is 0 Å². The normalized spacial score (nSPS) is 19.0. The van der Waals surface area contributed by atoms with Crippen molar-refractivity contribution in [1.29, 1.82) is 0 Å². The van der Waals surface area contributed by atoms with Gasteiger partial charge in [0.25, 0.3) is 0 Å². The predicted molar refractivity (Wildman–Crippen MR) is 116 cm³/mol. The zero-order valence-corrected chi connectivity index (χ0v) is 18.2. The minimum atomic E-state index is -0.109. The number of nitrogens with zero attached hydrogens (tertiary/aromatic N) is 2. The monoisotopic (exact) mass is 387 g/mol. The van der Waals surface area contributed by atoms with Gasteiger partial charge in [0.1, 0.15) is 0 Å². The lowest BCUT2D eigenvalue weighted by molar-refractivity contribution is -0.133. The number of likely N-dealkylation sites (tertiary alicyclic amines) is 1. The number of hydrogen-bond donors (Lipinski definition) is 3. The number of nitrogens with one attached hydrogen (secondary N) is 3. The molecular formula is C22H37N5O. The number of carbonyl (C=O) groups is 1. The molecule has 0 spiro atoms. The predicted octanol–water partition coefficient (Wildman–Crippen LogP) is 2.54. The van der Waals surface area contributed by atoms with Crippen molar-refractivity contribution in [2.45, 2.75) is 58.7 Å². The third-order valence-corrected chi connectivity index (χ3v) is 5.16. The Labute approximate surface area is 170 Å². The molecule has 156 valence electrons. The molecule has 2 unspecified atom stereocenters. The van der Waals surface area contributed by atoms with E-state index in [1.165, 1.54) is 5.56 Å². The Bertz CT molecular complexity index is 656. The van der Waals surface area contributed by atoms with E-state index in [4.69, 9.17) is 0 Å². The van der Waals surface area contributed by atoms with Crippen molar-refractivity contribution in [2.24, 2.45) is 10.9 Å². The SMILES string of the molecule is CN=C(NCC(C)(C)NC(C)c1ccccc1)NC1CCN(C(=O)C(C)C)C1. The minimum absolute atomic E-state index is 0.0506. The maximum Gasteiger partial charge on any atom is 0.225 e. The van der Waals surface area contributed by atoms with Crippen LogP contribution < -0.4 is 16.0 Å². The summed E-state index contributed by atoms with van der Waals surface area (Å²) >= 11 is 0. The van der Waals surface area contributed by atoms with Crippen LogP contribution in [0, 0.1) is 5.92 Å². The lowest BCUT2D eigenvalue weighted by Gasteiger charge is -2.32. The van der Waals surface area contributed by atoms with Gasteiger partial charge < -0.3 is 20.9 Å². The smallest absolute Gasteiger partial charge is 0.225 e. The van der Waals surface area contributed by atoms with Crippen LogP contribution in [0.4, 0.5) is 0 Å². The van der Waals surface area contributed by atoms with Gasteiger partial charge in [-0.2, -0.15) is 0 Å². The molecule has 1 amide bonds. The van der Waals surface area contributed by atoms with Crippen molar-refractivity contribution in [3.05, 3.63) is 35.9 Å². The summed E-state index contributed by atoms with van der Waals surface area (Å²) in [7, 11) is 1.79. The molecule has 0 aromatic heterocycles. The summed E-state index contributed by atoms with van der Waals surface area (Å²) in [6, 6.07) is 11.0. The number of carbonyl (C=O) groups excluding carboxylic acids is 1. The fourth-order valence-corrected chi connectivity index (χ4v) is 3.60. The van der Waals surface area contributed by atoms with Crippen LogP contribution in [0.5, 0.6) is 0 Å². The van der Waals surface area contributed by atoms with Crippen molar-refractivity contribution >= 4 is 11.9 Å². The standard InChI is InChI=1S/C22H37N5O/c1-16(2)20(28)27-13-12-19(14-27)25-21(23-6)24-15-22(4,5)26-17(3)18-10-8-7-9-11-18/h7-11,16-17,19,26H,12-15H2,1-6H3,(H2,23,24,25). The lowest BCUT2D eigenvalue weighted by Crippen LogP contribution is -2.53. The van der Waals surface area contributed by atoms with E-state index >= 15 is 0 Å². The second kappa shape index (κ2) is 9.92. The number of amides is 1. The molecule has 0 radical (unpaired) electrons. The van der Waals surface area contributed by atoms with E-state index in [9.17, 15) is 4.79 Å². The summed E-state index contributed by atoms with van der Waals surface area (Å²) in [6.45, 7) is 12.8. The number of hydrogen-bond acceptors (Lipinski definition) is 3. The first-order valence-corrected chi connectivity index (χ1v) is 10.3. The van der Waals surface area contributed by atoms with Crippen LogP contribution in [0.15, 0.2) is 35.3 Å². The second-order valence-electron chi connectivity index (χ2n) is 8.66. The zero-order valence-electron chi connectivity index (χ0n) is 18.2. The second-order valence-corrected chi connectivity index (χ2v) is 8.66. The average Bonchev–Trinajstić information content (AvgIpc) is 3.13. The topological polar surface area (TPSA) is 68.8 Å². The Morgan fingerprint density at radius 1 is 1.25 bits per heavy atom. The fourth-order valence-electron chi connectivity index (χ4n) is 3.60. The van der Waals surface area contributed by atoms with Crippen LogP contribution in [-0.2, 0) is 4.79 Å². The molecule has 1 heterocycles. The molecule has 2 rings (SSSR count). The lowest BCUT2D eigenvalue weighted by atomic mass is 10.0. The van der Waals surface area contributed by atoms with E-state index < -0.39 is 0 Å². The molecule has 1 aromatic rings. The number of benzene rings is 1. The largest absolute Gasteiger partial charge is 0.355 e. The molecular weight excluding hydrogens is 350 g/mol. The summed E-state index contributed by atoms with van der Waals surface area (Å²) in [6.07, 6.45) is 0.950. The first-order chi connectivity index (χ1) is 13.2. The van der Waals surface area contributed by atoms with E-state index in [0.717, 1.165) is 32.0 Å². The van der Waals surface area contributed by atoms with Crippen LogP contribution in [0.25, 0.3) is 0 Å². The molecule has 0 aliphatic carbocycles. The highest BCUT2D eigenvalue weighted by Gasteiger charge is 2.28. The van der Waals surface area contributed by atoms with Gasteiger partial charge in [-0.25, -0.2) is 0 Å². The van der Waals surface area contributed by atoms with Gasteiger partial charge in [-0.3, -0.25) is 9.79 Å². The number of aliphatic imine (C=N–C) groups is 1. The van der Waals surface area contributed by atoms with Gasteiger partial charge in [0.05, 0.1) is 0 Å². The van der Waals surface area contributed by atoms with E-state index in [-0.39, 0.29) is 29.4 Å². The van der Waals surface area contributed by atoms with Gasteiger partial charge in [0, 0.05) is 50.2 Å². The van der Waals surface area contributed by atoms with Gasteiger partial charge in [-0.05, 0) is 32.8 Å². The molecule has 1 aliphatic heterocycles. The van der Waals surface area contributed by atoms with Crippen LogP contribution >= 0.6 is 0 Å². The Hall–Kier alpha value is -2.08. The van der Waals surface area contributed by atoms with Gasteiger partial charge in [-0.15, -0.1) is 0 Å². The minimum Gasteiger partial charge on any atom is -0.355 e. The average molecular weight is 388 g/mol. The van der Waals surface area contributed by atoms with Crippen molar-refractivity contribution in [1.82, 2.24) is 20.9 Å². The molecule has 3 N–H and O–H groups in total. The molecule has 1 fully saturated rings. The highest BCUT2D eigenvalue weighted by atomic mass is 16.2. The Balaban J connectivity index is 1.82. The highest BCUT2D eigenvalue weighted by molar-refractivity contribution is 5.81. The number of guanidine groups is 1. The first kappa shape index (κ1) is 22.2. The fraction of sp³-hybridized carbons (Fsp3) is 0.636. The molecule has 6 nitrogen and oxygen atoms in total. The quantitative estimate of drug-likeness (QED) is 0.497. The molecule has 0 bridgehead atoms. The summed E-state index contributed by atoms with van der Waals surface area (Å²) < 4.78 is 0. The van der Waals surface area contributed by atoms with Crippen molar-refractivity contribution < 1.29 is 4.79 Å². The molecule has 1 saturated heterocycles. The van der Waals surface area contributed by atoms with Gasteiger partial charge in [0.15, 0.2) is 5.96 Å². The summed E-state index contributed by atoms with van der Waals surface area (Å²) in [5.74, 6) is 1.06. The molecule has 2 atom stereocenters. The maximum absolute atomic E-state index is 12.2. The van der Waals surface area contributed by atoms with Crippen LogP contribution in [0.2, 0.25) is 0 Å². The van der Waals surface area contributed by atoms with Gasteiger partial charge in [0.2, 0.25) is 5.91 Å². The molecule has 1 aliphatic rings. The molecule has 28 heavy (non-hydrogen) atoms. The van der Waals surface area contributed by atoms with Crippen LogP contribution in [0.3, 0.4) is 0 Å². The summed E-state index contributed by atoms with van der Waals surface area (Å²) in [5.41, 5.74) is 1.17. The third kappa shape index (κ3) is 6.51. The van der Waals surface area contributed by atoms with E-state index in [1.54, 1.807) is 7.05 Å².